The zero-order valence-corrected chi connectivity index (χ0v) is 6.79. The lowest BCUT2D eigenvalue weighted by Crippen LogP contribution is -1.80. The second-order valence-corrected chi connectivity index (χ2v) is 2.40. The summed E-state index contributed by atoms with van der Waals surface area (Å²) >= 11 is 0. The Balaban J connectivity index is 2.25. The molecule has 0 atom stereocenters. The van der Waals surface area contributed by atoms with Crippen molar-refractivity contribution in [3.8, 4) is 0 Å². The minimum Gasteiger partial charge on any atom is -0.463 e. The summed E-state index contributed by atoms with van der Waals surface area (Å²) in [6.45, 7) is 3.06. The predicted molar refractivity (Wildman–Crippen MR) is 46.1 cm³/mol. The highest BCUT2D eigenvalue weighted by Gasteiger charge is 1.86. The van der Waals surface area contributed by atoms with Gasteiger partial charge in [0.05, 0.1) is 12.5 Å². The van der Waals surface area contributed by atoms with E-state index in [0.29, 0.717) is 0 Å². The van der Waals surface area contributed by atoms with Crippen molar-refractivity contribution in [1.82, 2.24) is 0 Å². The molecule has 60 valence electrons. The summed E-state index contributed by atoms with van der Waals surface area (Å²) < 4.78 is 5.06. The van der Waals surface area contributed by atoms with Gasteiger partial charge in [0.1, 0.15) is 5.76 Å². The number of unbranched alkanes of at least 4 members (excludes halogenated alkanes) is 1. The van der Waals surface area contributed by atoms with Gasteiger partial charge < -0.3 is 4.42 Å². The van der Waals surface area contributed by atoms with E-state index in [1.54, 1.807) is 12.5 Å². The van der Waals surface area contributed by atoms with Crippen LogP contribution < -0.4 is 0 Å². The lowest BCUT2D eigenvalue weighted by Gasteiger charge is -1.87. The Labute approximate surface area is 66.9 Å². The van der Waals surface area contributed by atoms with E-state index in [0.717, 1.165) is 18.7 Å². The summed E-state index contributed by atoms with van der Waals surface area (Å²) in [7, 11) is 0. The fourth-order valence-corrected chi connectivity index (χ4v) is 0.769. The number of hydrogen-bond acceptors (Lipinski definition) is 2. The van der Waals surface area contributed by atoms with E-state index in [-0.39, 0.29) is 0 Å². The first-order valence-corrected chi connectivity index (χ1v) is 3.97. The third-order valence-electron chi connectivity index (χ3n) is 1.40. The van der Waals surface area contributed by atoms with Gasteiger partial charge in [-0.25, -0.2) is 0 Å². The lowest BCUT2D eigenvalue weighted by molar-refractivity contribution is 0.560. The van der Waals surface area contributed by atoms with Gasteiger partial charge in [-0.05, 0) is 18.6 Å². The van der Waals surface area contributed by atoms with Crippen molar-refractivity contribution >= 4 is 6.21 Å². The summed E-state index contributed by atoms with van der Waals surface area (Å²) in [5, 5.41) is 0. The molecule has 2 heteroatoms. The molecule has 2 nitrogen and oxygen atoms in total. The van der Waals surface area contributed by atoms with Gasteiger partial charge in [0.15, 0.2) is 0 Å². The van der Waals surface area contributed by atoms with Crippen molar-refractivity contribution in [3.05, 3.63) is 24.2 Å². The van der Waals surface area contributed by atoms with E-state index >= 15 is 0 Å². The molecule has 1 heterocycles. The number of furan rings is 1. The molecule has 0 fully saturated rings. The van der Waals surface area contributed by atoms with Crippen molar-refractivity contribution in [2.75, 3.05) is 6.54 Å². The Morgan fingerprint density at radius 1 is 1.64 bits per heavy atom. The van der Waals surface area contributed by atoms with Crippen LogP contribution in [0.15, 0.2) is 27.8 Å². The normalized spacial score (nSPS) is 11.0. The Morgan fingerprint density at radius 2 is 2.55 bits per heavy atom. The monoisotopic (exact) mass is 151 g/mol. The van der Waals surface area contributed by atoms with Crippen molar-refractivity contribution in [3.63, 3.8) is 0 Å². The number of rotatable bonds is 4. The second-order valence-electron chi connectivity index (χ2n) is 2.40. The van der Waals surface area contributed by atoms with Gasteiger partial charge in [0, 0.05) is 6.54 Å². The van der Waals surface area contributed by atoms with E-state index in [9.17, 15) is 0 Å². The Kier molecular flexibility index (Phi) is 3.45. The molecule has 0 amide bonds. The largest absolute Gasteiger partial charge is 0.463 e. The lowest BCUT2D eigenvalue weighted by atomic mass is 10.3. The summed E-state index contributed by atoms with van der Waals surface area (Å²) in [4.78, 5) is 4.18. The maximum atomic E-state index is 5.06. The van der Waals surface area contributed by atoms with E-state index in [2.05, 4.69) is 11.9 Å². The summed E-state index contributed by atoms with van der Waals surface area (Å²) in [6.07, 6.45) is 5.77. The first-order valence-electron chi connectivity index (χ1n) is 3.97. The van der Waals surface area contributed by atoms with Crippen molar-refractivity contribution in [2.24, 2.45) is 4.99 Å². The highest BCUT2D eigenvalue weighted by atomic mass is 16.3. The predicted octanol–water partition coefficient (Wildman–Crippen LogP) is 2.50. The fraction of sp³-hybridized carbons (Fsp3) is 0.444. The van der Waals surface area contributed by atoms with Crippen LogP contribution in [-0.4, -0.2) is 12.8 Å². The van der Waals surface area contributed by atoms with E-state index < -0.39 is 0 Å². The van der Waals surface area contributed by atoms with Gasteiger partial charge in [-0.15, -0.1) is 0 Å². The summed E-state index contributed by atoms with van der Waals surface area (Å²) in [5.41, 5.74) is 0. The Bertz CT molecular complexity index is 201. The van der Waals surface area contributed by atoms with Gasteiger partial charge in [-0.3, -0.25) is 4.99 Å². The quantitative estimate of drug-likeness (QED) is 0.479. The zero-order chi connectivity index (χ0) is 7.94. The molecule has 0 aromatic carbocycles. The molecular formula is C9H13NO. The van der Waals surface area contributed by atoms with Crippen LogP contribution in [0.4, 0.5) is 0 Å². The summed E-state index contributed by atoms with van der Waals surface area (Å²) in [5.74, 6) is 0.834. The summed E-state index contributed by atoms with van der Waals surface area (Å²) in [6, 6.07) is 3.76. The maximum absolute atomic E-state index is 5.06. The zero-order valence-electron chi connectivity index (χ0n) is 6.79. The van der Waals surface area contributed by atoms with Crippen LogP contribution in [-0.2, 0) is 0 Å². The molecule has 1 aromatic rings. The van der Waals surface area contributed by atoms with Gasteiger partial charge in [0.25, 0.3) is 0 Å². The van der Waals surface area contributed by atoms with E-state index in [1.807, 2.05) is 12.1 Å². The number of hydrogen-bond donors (Lipinski definition) is 0. The molecule has 0 saturated carbocycles. The van der Waals surface area contributed by atoms with E-state index in [1.165, 1.54) is 6.42 Å². The average Bonchev–Trinajstić information content (AvgIpc) is 2.50. The van der Waals surface area contributed by atoms with Crippen LogP contribution in [0.3, 0.4) is 0 Å². The highest BCUT2D eigenvalue weighted by molar-refractivity contribution is 5.75. The van der Waals surface area contributed by atoms with Crippen LogP contribution in [0.1, 0.15) is 25.5 Å². The molecule has 0 saturated heterocycles. The molecular weight excluding hydrogens is 138 g/mol. The SMILES string of the molecule is CCCC/N=C/c1ccco1. The number of aliphatic imine (C=N–C) groups is 1. The molecule has 0 N–H and O–H groups in total. The third kappa shape index (κ3) is 3.03. The third-order valence-corrected chi connectivity index (χ3v) is 1.40. The minimum atomic E-state index is 0.834. The van der Waals surface area contributed by atoms with Crippen LogP contribution in [0.25, 0.3) is 0 Å². The van der Waals surface area contributed by atoms with Crippen LogP contribution >= 0.6 is 0 Å². The van der Waals surface area contributed by atoms with Gasteiger partial charge in [-0.1, -0.05) is 13.3 Å². The molecule has 0 aliphatic carbocycles. The van der Waals surface area contributed by atoms with Crippen molar-refractivity contribution in [1.29, 1.82) is 0 Å². The van der Waals surface area contributed by atoms with Crippen molar-refractivity contribution in [2.45, 2.75) is 19.8 Å². The van der Waals surface area contributed by atoms with Crippen LogP contribution in [0.2, 0.25) is 0 Å². The molecule has 0 radical (unpaired) electrons. The number of nitrogens with zero attached hydrogens (tertiary/aromatic N) is 1. The smallest absolute Gasteiger partial charge is 0.144 e. The topological polar surface area (TPSA) is 25.5 Å². The maximum Gasteiger partial charge on any atom is 0.144 e. The van der Waals surface area contributed by atoms with Gasteiger partial charge in [0.2, 0.25) is 0 Å². The first-order chi connectivity index (χ1) is 5.43. The molecule has 0 bridgehead atoms. The molecule has 0 spiro atoms. The van der Waals surface area contributed by atoms with E-state index in [4.69, 9.17) is 4.42 Å². The van der Waals surface area contributed by atoms with Crippen LogP contribution in [0.5, 0.6) is 0 Å². The Morgan fingerprint density at radius 3 is 3.18 bits per heavy atom. The first kappa shape index (κ1) is 8.05. The van der Waals surface area contributed by atoms with Crippen LogP contribution in [0, 0.1) is 0 Å². The molecule has 11 heavy (non-hydrogen) atoms. The minimum absolute atomic E-state index is 0.834. The van der Waals surface area contributed by atoms with Gasteiger partial charge >= 0.3 is 0 Å². The average molecular weight is 151 g/mol. The highest BCUT2D eigenvalue weighted by Crippen LogP contribution is 1.95. The molecule has 0 aliphatic heterocycles. The van der Waals surface area contributed by atoms with Crippen molar-refractivity contribution < 1.29 is 4.42 Å². The fourth-order valence-electron chi connectivity index (χ4n) is 0.769. The van der Waals surface area contributed by atoms with Gasteiger partial charge in [-0.2, -0.15) is 0 Å². The standard InChI is InChI=1S/C9H13NO/c1-2-3-6-10-8-9-5-4-7-11-9/h4-5,7-8H,2-3,6H2,1H3/b10-8+. The second kappa shape index (κ2) is 4.72. The molecule has 0 aliphatic rings. The molecule has 0 unspecified atom stereocenters. The molecule has 1 rings (SSSR count). The molecule has 1 aromatic heterocycles. The Hall–Kier alpha value is -1.05.